The second-order valence-corrected chi connectivity index (χ2v) is 6.37. The number of carbonyl (C=O) groups is 1. The van der Waals surface area contributed by atoms with Gasteiger partial charge in [-0.3, -0.25) is 9.48 Å². The molecule has 5 nitrogen and oxygen atoms in total. The van der Waals surface area contributed by atoms with Crippen molar-refractivity contribution < 1.29 is 9.53 Å². The van der Waals surface area contributed by atoms with Gasteiger partial charge in [0.2, 0.25) is 0 Å². The average molecular weight is 313 g/mol. The summed E-state index contributed by atoms with van der Waals surface area (Å²) in [6, 6.07) is 11.9. The number of aromatic nitrogens is 2. The molecule has 1 aliphatic heterocycles. The molecule has 1 saturated heterocycles. The van der Waals surface area contributed by atoms with Crippen LogP contribution in [0.2, 0.25) is 0 Å². The first kappa shape index (κ1) is 15.7. The van der Waals surface area contributed by atoms with E-state index in [0.29, 0.717) is 24.7 Å². The van der Waals surface area contributed by atoms with E-state index in [0.717, 1.165) is 5.56 Å². The fourth-order valence-electron chi connectivity index (χ4n) is 2.92. The largest absolute Gasteiger partial charge is 0.366 e. The summed E-state index contributed by atoms with van der Waals surface area (Å²) in [6.07, 6.45) is 1.60. The summed E-state index contributed by atoms with van der Waals surface area (Å²) in [6.45, 7) is 5.44. The number of aryl methyl sites for hydroxylation is 1. The first-order valence-corrected chi connectivity index (χ1v) is 8.04. The SMILES string of the molecule is CC(C)[C@H]1CN(C(=O)c2ccnn2C)C[C@@H](c2ccccc2)O1. The van der Waals surface area contributed by atoms with Crippen LogP contribution in [0.15, 0.2) is 42.6 Å². The molecule has 122 valence electrons. The Bertz CT molecular complexity index is 666. The summed E-state index contributed by atoms with van der Waals surface area (Å²) in [4.78, 5) is 14.7. The van der Waals surface area contributed by atoms with Crippen LogP contribution in [0, 0.1) is 5.92 Å². The molecule has 1 aliphatic rings. The lowest BCUT2D eigenvalue weighted by atomic mass is 10.0. The monoisotopic (exact) mass is 313 g/mol. The van der Waals surface area contributed by atoms with E-state index in [1.54, 1.807) is 24.0 Å². The molecule has 2 atom stereocenters. The molecule has 1 aromatic carbocycles. The lowest BCUT2D eigenvalue weighted by molar-refractivity contribution is -0.0956. The minimum Gasteiger partial charge on any atom is -0.366 e. The summed E-state index contributed by atoms with van der Waals surface area (Å²) < 4.78 is 7.87. The molecule has 2 aromatic rings. The van der Waals surface area contributed by atoms with Gasteiger partial charge in [-0.15, -0.1) is 0 Å². The molecule has 0 saturated carbocycles. The molecule has 0 unspecified atom stereocenters. The number of hydrogen-bond donors (Lipinski definition) is 0. The summed E-state index contributed by atoms with van der Waals surface area (Å²) in [5, 5.41) is 4.10. The Hall–Kier alpha value is -2.14. The highest BCUT2D eigenvalue weighted by Crippen LogP contribution is 2.28. The molecule has 0 bridgehead atoms. The highest BCUT2D eigenvalue weighted by molar-refractivity contribution is 5.92. The van der Waals surface area contributed by atoms with Crippen molar-refractivity contribution >= 4 is 5.91 Å². The Morgan fingerprint density at radius 3 is 2.57 bits per heavy atom. The first-order chi connectivity index (χ1) is 11.1. The van der Waals surface area contributed by atoms with Crippen molar-refractivity contribution in [3.8, 4) is 0 Å². The molecule has 1 amide bonds. The second-order valence-electron chi connectivity index (χ2n) is 6.37. The lowest BCUT2D eigenvalue weighted by Gasteiger charge is -2.40. The van der Waals surface area contributed by atoms with Gasteiger partial charge in [0.1, 0.15) is 11.8 Å². The average Bonchev–Trinajstić information content (AvgIpc) is 3.00. The number of ether oxygens (including phenoxy) is 1. The molecule has 3 rings (SSSR count). The minimum atomic E-state index is -0.0884. The molecule has 0 spiro atoms. The zero-order valence-electron chi connectivity index (χ0n) is 13.8. The van der Waals surface area contributed by atoms with Crippen molar-refractivity contribution in [2.24, 2.45) is 13.0 Å². The van der Waals surface area contributed by atoms with Crippen LogP contribution in [0.5, 0.6) is 0 Å². The maximum atomic E-state index is 12.8. The zero-order valence-corrected chi connectivity index (χ0v) is 13.8. The quantitative estimate of drug-likeness (QED) is 0.875. The van der Waals surface area contributed by atoms with Crippen LogP contribution < -0.4 is 0 Å². The van der Waals surface area contributed by atoms with Crippen LogP contribution in [0.1, 0.15) is 36.0 Å². The normalized spacial score (nSPS) is 21.7. The maximum Gasteiger partial charge on any atom is 0.272 e. The van der Waals surface area contributed by atoms with Crippen molar-refractivity contribution in [3.05, 3.63) is 53.9 Å². The van der Waals surface area contributed by atoms with Crippen molar-refractivity contribution in [1.82, 2.24) is 14.7 Å². The van der Waals surface area contributed by atoms with E-state index in [-0.39, 0.29) is 18.1 Å². The van der Waals surface area contributed by atoms with Crippen LogP contribution in [-0.2, 0) is 11.8 Å². The molecular weight excluding hydrogens is 290 g/mol. The Kier molecular flexibility index (Phi) is 4.48. The molecule has 0 radical (unpaired) electrons. The second kappa shape index (κ2) is 6.54. The Balaban J connectivity index is 1.85. The molecule has 0 aliphatic carbocycles. The van der Waals surface area contributed by atoms with Crippen molar-refractivity contribution in [2.75, 3.05) is 13.1 Å². The highest BCUT2D eigenvalue weighted by atomic mass is 16.5. The van der Waals surface area contributed by atoms with Crippen LogP contribution in [0.4, 0.5) is 0 Å². The number of morpholine rings is 1. The fraction of sp³-hybridized carbons (Fsp3) is 0.444. The van der Waals surface area contributed by atoms with Gasteiger partial charge in [-0.25, -0.2) is 0 Å². The van der Waals surface area contributed by atoms with Crippen LogP contribution in [0.25, 0.3) is 0 Å². The van der Waals surface area contributed by atoms with E-state index >= 15 is 0 Å². The van der Waals surface area contributed by atoms with Gasteiger partial charge in [0, 0.05) is 19.8 Å². The van der Waals surface area contributed by atoms with Gasteiger partial charge in [-0.1, -0.05) is 44.2 Å². The van der Waals surface area contributed by atoms with E-state index < -0.39 is 0 Å². The third-order valence-corrected chi connectivity index (χ3v) is 4.37. The lowest BCUT2D eigenvalue weighted by Crippen LogP contribution is -2.49. The van der Waals surface area contributed by atoms with Crippen molar-refractivity contribution in [3.63, 3.8) is 0 Å². The fourth-order valence-corrected chi connectivity index (χ4v) is 2.92. The van der Waals surface area contributed by atoms with Gasteiger partial charge in [0.25, 0.3) is 5.91 Å². The molecule has 1 aromatic heterocycles. The minimum absolute atomic E-state index is 0.0138. The number of amides is 1. The van der Waals surface area contributed by atoms with Crippen molar-refractivity contribution in [2.45, 2.75) is 26.1 Å². The molecule has 2 heterocycles. The van der Waals surface area contributed by atoms with E-state index in [1.807, 2.05) is 23.1 Å². The summed E-state index contributed by atoms with van der Waals surface area (Å²) >= 11 is 0. The van der Waals surface area contributed by atoms with Gasteiger partial charge >= 0.3 is 0 Å². The number of carbonyl (C=O) groups excluding carboxylic acids is 1. The number of rotatable bonds is 3. The number of nitrogens with zero attached hydrogens (tertiary/aromatic N) is 3. The third-order valence-electron chi connectivity index (χ3n) is 4.37. The van der Waals surface area contributed by atoms with Crippen LogP contribution in [0.3, 0.4) is 0 Å². The van der Waals surface area contributed by atoms with Crippen LogP contribution >= 0.6 is 0 Å². The summed E-state index contributed by atoms with van der Waals surface area (Å²) in [5.74, 6) is 0.364. The predicted octanol–water partition coefficient (Wildman–Crippen LogP) is 2.66. The third kappa shape index (κ3) is 3.29. The topological polar surface area (TPSA) is 47.4 Å². The van der Waals surface area contributed by atoms with E-state index in [2.05, 4.69) is 31.1 Å². The first-order valence-electron chi connectivity index (χ1n) is 8.04. The van der Waals surface area contributed by atoms with Gasteiger partial charge in [-0.2, -0.15) is 5.10 Å². The molecule has 23 heavy (non-hydrogen) atoms. The standard InChI is InChI=1S/C18H23N3O2/c1-13(2)16-11-21(18(22)15-9-10-19-20(15)3)12-17(23-16)14-7-5-4-6-8-14/h4-10,13,16-17H,11-12H2,1-3H3/t16-,17+/m1/s1. The molecule has 5 heteroatoms. The molecule has 1 fully saturated rings. The van der Waals surface area contributed by atoms with E-state index in [1.165, 1.54) is 0 Å². The van der Waals surface area contributed by atoms with Gasteiger partial charge in [-0.05, 0) is 17.5 Å². The van der Waals surface area contributed by atoms with Gasteiger partial charge in [0.05, 0.1) is 12.6 Å². The number of hydrogen-bond acceptors (Lipinski definition) is 3. The summed E-state index contributed by atoms with van der Waals surface area (Å²) in [7, 11) is 1.79. The molecule has 0 N–H and O–H groups in total. The highest BCUT2D eigenvalue weighted by Gasteiger charge is 2.33. The van der Waals surface area contributed by atoms with Crippen molar-refractivity contribution in [1.29, 1.82) is 0 Å². The van der Waals surface area contributed by atoms with E-state index in [9.17, 15) is 4.79 Å². The maximum absolute atomic E-state index is 12.8. The Labute approximate surface area is 136 Å². The summed E-state index contributed by atoms with van der Waals surface area (Å²) in [5.41, 5.74) is 1.72. The van der Waals surface area contributed by atoms with Crippen LogP contribution in [-0.4, -0.2) is 39.8 Å². The predicted molar refractivity (Wildman–Crippen MR) is 88.0 cm³/mol. The van der Waals surface area contributed by atoms with Gasteiger partial charge in [0.15, 0.2) is 0 Å². The van der Waals surface area contributed by atoms with E-state index in [4.69, 9.17) is 4.74 Å². The number of benzene rings is 1. The molecular formula is C18H23N3O2. The Morgan fingerprint density at radius 1 is 1.22 bits per heavy atom. The smallest absolute Gasteiger partial charge is 0.272 e. The Morgan fingerprint density at radius 2 is 1.96 bits per heavy atom. The van der Waals surface area contributed by atoms with Gasteiger partial charge < -0.3 is 9.64 Å². The zero-order chi connectivity index (χ0) is 16.4.